The number of carbonyl (C=O) groups excluding carboxylic acids is 1. The van der Waals surface area contributed by atoms with Crippen molar-refractivity contribution in [3.63, 3.8) is 0 Å². The lowest BCUT2D eigenvalue weighted by Gasteiger charge is -2.06. The zero-order valence-corrected chi connectivity index (χ0v) is 16.3. The number of benzene rings is 2. The quantitative estimate of drug-likeness (QED) is 0.579. The van der Waals surface area contributed by atoms with Gasteiger partial charge in [0, 0.05) is 23.2 Å². The van der Waals surface area contributed by atoms with E-state index in [1.165, 1.54) is 25.3 Å². The first-order valence-electron chi connectivity index (χ1n) is 8.50. The molecule has 3 rings (SSSR count). The third-order valence-electron chi connectivity index (χ3n) is 3.78. The molecule has 1 aromatic heterocycles. The van der Waals surface area contributed by atoms with E-state index in [0.717, 1.165) is 22.0 Å². The highest BCUT2D eigenvalue weighted by atomic mass is 32.1. The lowest BCUT2D eigenvalue weighted by Crippen LogP contribution is -2.08. The van der Waals surface area contributed by atoms with Gasteiger partial charge in [-0.3, -0.25) is 4.79 Å². The Bertz CT molecular complexity index is 984. The van der Waals surface area contributed by atoms with Gasteiger partial charge in [0.1, 0.15) is 12.4 Å². The van der Waals surface area contributed by atoms with Crippen LogP contribution in [-0.4, -0.2) is 18.0 Å². The fourth-order valence-electron chi connectivity index (χ4n) is 2.41. The molecule has 2 aromatic carbocycles. The smallest absolute Gasteiger partial charge is 0.248 e. The van der Waals surface area contributed by atoms with Crippen LogP contribution in [-0.2, 0) is 11.4 Å². The summed E-state index contributed by atoms with van der Waals surface area (Å²) in [5, 5.41) is 5.59. The lowest BCUT2D eigenvalue weighted by molar-refractivity contribution is -0.111. The van der Waals surface area contributed by atoms with E-state index in [0.29, 0.717) is 12.3 Å². The molecule has 1 amide bonds. The first-order valence-corrected chi connectivity index (χ1v) is 9.38. The van der Waals surface area contributed by atoms with Crippen molar-refractivity contribution in [1.82, 2.24) is 4.98 Å². The molecular formula is C21H19FN2O3S. The van der Waals surface area contributed by atoms with Crippen molar-refractivity contribution < 1.29 is 18.7 Å². The third-order valence-corrected chi connectivity index (χ3v) is 4.60. The van der Waals surface area contributed by atoms with Gasteiger partial charge in [0.2, 0.25) is 5.91 Å². The van der Waals surface area contributed by atoms with Gasteiger partial charge in [-0.2, -0.15) is 0 Å². The predicted octanol–water partition coefficient (Wildman–Crippen LogP) is 4.83. The maximum absolute atomic E-state index is 13.7. The largest absolute Gasteiger partial charge is 0.494 e. The number of thiazole rings is 1. The number of nitrogens with zero attached hydrogens (tertiary/aromatic N) is 1. The number of hydrogen-bond acceptors (Lipinski definition) is 5. The van der Waals surface area contributed by atoms with E-state index in [1.54, 1.807) is 23.5 Å². The number of aromatic nitrogens is 1. The third kappa shape index (κ3) is 5.40. The van der Waals surface area contributed by atoms with Gasteiger partial charge in [-0.15, -0.1) is 11.3 Å². The van der Waals surface area contributed by atoms with E-state index in [9.17, 15) is 9.18 Å². The van der Waals surface area contributed by atoms with E-state index in [1.807, 2.05) is 36.6 Å². The molecule has 0 fully saturated rings. The molecule has 0 radical (unpaired) electrons. The molecule has 0 aliphatic heterocycles. The van der Waals surface area contributed by atoms with Crippen LogP contribution in [0, 0.1) is 12.7 Å². The van der Waals surface area contributed by atoms with Crippen molar-refractivity contribution in [2.45, 2.75) is 13.5 Å². The molecular weight excluding hydrogens is 379 g/mol. The zero-order chi connectivity index (χ0) is 19.9. The van der Waals surface area contributed by atoms with Crippen LogP contribution in [0.5, 0.6) is 11.5 Å². The molecule has 28 heavy (non-hydrogen) atoms. The second-order valence-corrected chi connectivity index (χ2v) is 6.95. The Morgan fingerprint density at radius 1 is 1.25 bits per heavy atom. The van der Waals surface area contributed by atoms with Gasteiger partial charge in [0.05, 0.1) is 17.8 Å². The predicted molar refractivity (Wildman–Crippen MR) is 108 cm³/mol. The van der Waals surface area contributed by atoms with Crippen LogP contribution in [0.2, 0.25) is 0 Å². The number of halogens is 1. The van der Waals surface area contributed by atoms with E-state index < -0.39 is 5.82 Å². The average molecular weight is 398 g/mol. The Morgan fingerprint density at radius 2 is 2.04 bits per heavy atom. The van der Waals surface area contributed by atoms with Crippen LogP contribution in [0.25, 0.3) is 6.08 Å². The van der Waals surface area contributed by atoms with Crippen molar-refractivity contribution in [3.8, 4) is 11.5 Å². The maximum Gasteiger partial charge on any atom is 0.248 e. The molecule has 0 spiro atoms. The summed E-state index contributed by atoms with van der Waals surface area (Å²) in [7, 11) is 1.38. The van der Waals surface area contributed by atoms with Crippen LogP contribution in [0.15, 0.2) is 53.9 Å². The molecule has 1 heterocycles. The Hall–Kier alpha value is -3.19. The van der Waals surface area contributed by atoms with Crippen LogP contribution >= 0.6 is 11.3 Å². The number of hydrogen-bond donors (Lipinski definition) is 1. The highest BCUT2D eigenvalue weighted by Crippen LogP contribution is 2.21. The van der Waals surface area contributed by atoms with Gasteiger partial charge in [0.25, 0.3) is 0 Å². The van der Waals surface area contributed by atoms with E-state index in [2.05, 4.69) is 10.3 Å². The zero-order valence-electron chi connectivity index (χ0n) is 15.4. The number of anilines is 1. The van der Waals surface area contributed by atoms with Crippen molar-refractivity contribution in [2.75, 3.05) is 12.4 Å². The van der Waals surface area contributed by atoms with Crippen LogP contribution in [0.3, 0.4) is 0 Å². The van der Waals surface area contributed by atoms with Crippen LogP contribution in [0.1, 0.15) is 16.3 Å². The number of nitrogens with one attached hydrogen (secondary N) is 1. The SMILES string of the molecule is COc1ccc(NC(=O)/C=C/c2ccc(OCc3csc(C)n3)cc2)cc1F. The summed E-state index contributed by atoms with van der Waals surface area (Å²) in [6.07, 6.45) is 3.05. The minimum absolute atomic E-state index is 0.126. The van der Waals surface area contributed by atoms with E-state index >= 15 is 0 Å². The Labute approximate surface area is 166 Å². The van der Waals surface area contributed by atoms with E-state index in [-0.39, 0.29) is 11.7 Å². The van der Waals surface area contributed by atoms with Gasteiger partial charge in [-0.05, 0) is 42.8 Å². The van der Waals surface area contributed by atoms with Gasteiger partial charge < -0.3 is 14.8 Å². The number of ether oxygens (including phenoxy) is 2. The lowest BCUT2D eigenvalue weighted by atomic mass is 10.2. The second-order valence-electron chi connectivity index (χ2n) is 5.89. The molecule has 0 saturated carbocycles. The fourth-order valence-corrected chi connectivity index (χ4v) is 3.00. The van der Waals surface area contributed by atoms with Gasteiger partial charge >= 0.3 is 0 Å². The Kier molecular flexibility index (Phi) is 6.39. The summed E-state index contributed by atoms with van der Waals surface area (Å²) in [5.74, 6) is -0.0433. The molecule has 144 valence electrons. The Balaban J connectivity index is 1.53. The molecule has 1 N–H and O–H groups in total. The first-order chi connectivity index (χ1) is 13.5. The second kappa shape index (κ2) is 9.14. The van der Waals surface area contributed by atoms with Gasteiger partial charge in [-0.25, -0.2) is 9.37 Å². The topological polar surface area (TPSA) is 60.5 Å². The minimum Gasteiger partial charge on any atom is -0.494 e. The maximum atomic E-state index is 13.7. The molecule has 0 aliphatic carbocycles. The van der Waals surface area contributed by atoms with Crippen molar-refractivity contribution in [3.05, 3.63) is 76.0 Å². The van der Waals surface area contributed by atoms with Crippen molar-refractivity contribution >= 4 is 29.0 Å². The van der Waals surface area contributed by atoms with Gasteiger partial charge in [0.15, 0.2) is 11.6 Å². The molecule has 0 aliphatic rings. The first kappa shape index (κ1) is 19.6. The number of rotatable bonds is 7. The van der Waals surface area contributed by atoms with Crippen molar-refractivity contribution in [2.24, 2.45) is 0 Å². The standard InChI is InChI=1S/C21H19FN2O3S/c1-14-23-17(13-28-14)12-27-18-7-3-15(4-8-18)5-10-21(25)24-16-6-9-20(26-2)19(22)11-16/h3-11,13H,12H2,1-2H3,(H,24,25)/b10-5+. The van der Waals surface area contributed by atoms with E-state index in [4.69, 9.17) is 9.47 Å². The molecule has 7 heteroatoms. The molecule has 0 saturated heterocycles. The summed E-state index contributed by atoms with van der Waals surface area (Å²) < 4.78 is 24.2. The highest BCUT2D eigenvalue weighted by Gasteiger charge is 2.05. The summed E-state index contributed by atoms with van der Waals surface area (Å²) in [6.45, 7) is 2.37. The average Bonchev–Trinajstić information content (AvgIpc) is 3.11. The van der Waals surface area contributed by atoms with Gasteiger partial charge in [-0.1, -0.05) is 12.1 Å². The molecule has 3 aromatic rings. The summed E-state index contributed by atoms with van der Waals surface area (Å²) in [5.41, 5.74) is 2.10. The monoisotopic (exact) mass is 398 g/mol. The number of amides is 1. The summed E-state index contributed by atoms with van der Waals surface area (Å²) in [6, 6.07) is 11.6. The molecule has 0 unspecified atom stereocenters. The molecule has 5 nitrogen and oxygen atoms in total. The normalized spacial score (nSPS) is 10.8. The number of aryl methyl sites for hydroxylation is 1. The number of carbonyl (C=O) groups is 1. The highest BCUT2D eigenvalue weighted by molar-refractivity contribution is 7.09. The van der Waals surface area contributed by atoms with Crippen molar-refractivity contribution in [1.29, 1.82) is 0 Å². The van der Waals surface area contributed by atoms with Crippen LogP contribution in [0.4, 0.5) is 10.1 Å². The fraction of sp³-hybridized carbons (Fsp3) is 0.143. The Morgan fingerprint density at radius 3 is 2.68 bits per heavy atom. The minimum atomic E-state index is -0.535. The molecule has 0 bridgehead atoms. The number of methoxy groups -OCH3 is 1. The molecule has 0 atom stereocenters. The summed E-state index contributed by atoms with van der Waals surface area (Å²) >= 11 is 1.59. The summed E-state index contributed by atoms with van der Waals surface area (Å²) in [4.78, 5) is 16.3. The van der Waals surface area contributed by atoms with Crippen LogP contribution < -0.4 is 14.8 Å².